The second-order valence-corrected chi connectivity index (χ2v) is 4.22. The molecule has 0 aliphatic heterocycles. The third kappa shape index (κ3) is 3.99. The molecule has 1 aromatic heterocycles. The number of rotatable bonds is 3. The number of nitrogens with one attached hydrogen (secondary N) is 3. The van der Waals surface area contributed by atoms with Crippen LogP contribution in [0.3, 0.4) is 0 Å². The number of amides is 2. The number of pyridine rings is 1. The second-order valence-electron chi connectivity index (χ2n) is 4.22. The van der Waals surface area contributed by atoms with E-state index >= 15 is 0 Å². The lowest BCUT2D eigenvalue weighted by molar-refractivity contribution is 0.251. The van der Waals surface area contributed by atoms with Crippen LogP contribution in [0.1, 0.15) is 11.3 Å². The highest BCUT2D eigenvalue weighted by molar-refractivity contribution is 5.89. The highest BCUT2D eigenvalue weighted by Gasteiger charge is 2.01. The van der Waals surface area contributed by atoms with Crippen molar-refractivity contribution in [3.8, 4) is 0 Å². The number of benzene rings is 1. The van der Waals surface area contributed by atoms with Gasteiger partial charge >= 0.3 is 6.03 Å². The smallest absolute Gasteiger partial charge is 0.319 e. The summed E-state index contributed by atoms with van der Waals surface area (Å²) >= 11 is 0. The minimum atomic E-state index is -0.310. The minimum absolute atomic E-state index is 0.182. The fourth-order valence-corrected chi connectivity index (χ4v) is 1.67. The van der Waals surface area contributed by atoms with Gasteiger partial charge in [0.2, 0.25) is 5.56 Å². The molecule has 2 amide bonds. The van der Waals surface area contributed by atoms with Gasteiger partial charge in [0.15, 0.2) is 0 Å². The average Bonchev–Trinajstić information content (AvgIpc) is 2.36. The number of aromatic amines is 1. The summed E-state index contributed by atoms with van der Waals surface area (Å²) in [7, 11) is 0. The zero-order valence-electron chi connectivity index (χ0n) is 10.6. The lowest BCUT2D eigenvalue weighted by atomic mass is 10.2. The number of hydrogen-bond donors (Lipinski definition) is 3. The number of carbonyl (C=O) groups is 1. The SMILES string of the molecule is Cc1cccc(NC(=O)NCc2cccc(=O)[nH]2)c1. The van der Waals surface area contributed by atoms with Crippen molar-refractivity contribution in [2.24, 2.45) is 0 Å². The Morgan fingerprint density at radius 2 is 2.00 bits per heavy atom. The van der Waals surface area contributed by atoms with E-state index in [2.05, 4.69) is 15.6 Å². The normalized spacial score (nSPS) is 9.95. The Labute approximate surface area is 110 Å². The van der Waals surface area contributed by atoms with Crippen LogP contribution in [0.2, 0.25) is 0 Å². The molecule has 0 radical (unpaired) electrons. The van der Waals surface area contributed by atoms with Crippen LogP contribution in [0.4, 0.5) is 10.5 Å². The Balaban J connectivity index is 1.90. The molecule has 5 heteroatoms. The summed E-state index contributed by atoms with van der Waals surface area (Å²) in [6.45, 7) is 2.23. The van der Waals surface area contributed by atoms with Gasteiger partial charge in [0.1, 0.15) is 0 Å². The minimum Gasteiger partial charge on any atom is -0.332 e. The molecule has 0 atom stereocenters. The van der Waals surface area contributed by atoms with Gasteiger partial charge in [-0.1, -0.05) is 18.2 Å². The number of carbonyl (C=O) groups excluding carboxylic acids is 1. The van der Waals surface area contributed by atoms with E-state index in [9.17, 15) is 9.59 Å². The molecular formula is C14H15N3O2. The quantitative estimate of drug-likeness (QED) is 0.786. The van der Waals surface area contributed by atoms with E-state index in [1.54, 1.807) is 12.1 Å². The van der Waals surface area contributed by atoms with Crippen LogP contribution in [-0.2, 0) is 6.54 Å². The van der Waals surface area contributed by atoms with Crippen LogP contribution in [0.5, 0.6) is 0 Å². The van der Waals surface area contributed by atoms with Crippen molar-refractivity contribution >= 4 is 11.7 Å². The van der Waals surface area contributed by atoms with Gasteiger partial charge in [0.05, 0.1) is 6.54 Å². The van der Waals surface area contributed by atoms with E-state index in [1.165, 1.54) is 6.07 Å². The van der Waals surface area contributed by atoms with Gasteiger partial charge in [0, 0.05) is 17.4 Å². The molecular weight excluding hydrogens is 242 g/mol. The van der Waals surface area contributed by atoms with Crippen molar-refractivity contribution in [3.63, 3.8) is 0 Å². The molecule has 0 fully saturated rings. The van der Waals surface area contributed by atoms with Gasteiger partial charge in [-0.25, -0.2) is 4.79 Å². The molecule has 19 heavy (non-hydrogen) atoms. The van der Waals surface area contributed by atoms with Gasteiger partial charge in [-0.05, 0) is 30.7 Å². The number of aromatic nitrogens is 1. The summed E-state index contributed by atoms with van der Waals surface area (Å²) in [6.07, 6.45) is 0. The monoisotopic (exact) mass is 257 g/mol. The average molecular weight is 257 g/mol. The first-order valence-corrected chi connectivity index (χ1v) is 5.93. The highest BCUT2D eigenvalue weighted by Crippen LogP contribution is 2.08. The topological polar surface area (TPSA) is 74.0 Å². The van der Waals surface area contributed by atoms with Gasteiger partial charge < -0.3 is 15.6 Å². The largest absolute Gasteiger partial charge is 0.332 e. The molecule has 0 aliphatic carbocycles. The Hall–Kier alpha value is -2.56. The van der Waals surface area contributed by atoms with E-state index in [1.807, 2.05) is 31.2 Å². The fraction of sp³-hybridized carbons (Fsp3) is 0.143. The van der Waals surface area contributed by atoms with Crippen molar-refractivity contribution < 1.29 is 4.79 Å². The number of aryl methyl sites for hydroxylation is 1. The standard InChI is InChI=1S/C14H15N3O2/c1-10-4-2-5-11(8-10)17-14(19)15-9-12-6-3-7-13(18)16-12/h2-8H,9H2,1H3,(H,16,18)(H2,15,17,19). The van der Waals surface area contributed by atoms with E-state index in [4.69, 9.17) is 0 Å². The summed E-state index contributed by atoms with van der Waals surface area (Å²) in [5.74, 6) is 0. The summed E-state index contributed by atoms with van der Waals surface area (Å²) in [5.41, 5.74) is 2.29. The summed E-state index contributed by atoms with van der Waals surface area (Å²) in [6, 6.07) is 12.0. The van der Waals surface area contributed by atoms with Crippen LogP contribution >= 0.6 is 0 Å². The van der Waals surface area contributed by atoms with E-state index in [-0.39, 0.29) is 18.1 Å². The Morgan fingerprint density at radius 1 is 1.21 bits per heavy atom. The van der Waals surface area contributed by atoms with E-state index in [0.717, 1.165) is 11.3 Å². The highest BCUT2D eigenvalue weighted by atomic mass is 16.2. The van der Waals surface area contributed by atoms with Crippen molar-refractivity contribution in [1.29, 1.82) is 0 Å². The first-order valence-electron chi connectivity index (χ1n) is 5.93. The molecule has 98 valence electrons. The van der Waals surface area contributed by atoms with Crippen molar-refractivity contribution in [3.05, 3.63) is 64.1 Å². The van der Waals surface area contributed by atoms with Gasteiger partial charge in [-0.3, -0.25) is 4.79 Å². The van der Waals surface area contributed by atoms with Crippen LogP contribution in [0.15, 0.2) is 47.3 Å². The third-order valence-corrected chi connectivity index (χ3v) is 2.54. The molecule has 1 aromatic carbocycles. The molecule has 2 aromatic rings. The Morgan fingerprint density at radius 3 is 2.74 bits per heavy atom. The molecule has 0 saturated heterocycles. The molecule has 3 N–H and O–H groups in total. The lowest BCUT2D eigenvalue weighted by Gasteiger charge is -2.08. The van der Waals surface area contributed by atoms with Gasteiger partial charge in [0.25, 0.3) is 0 Å². The first-order chi connectivity index (χ1) is 9.13. The number of H-pyrrole nitrogens is 1. The molecule has 5 nitrogen and oxygen atoms in total. The number of hydrogen-bond acceptors (Lipinski definition) is 2. The summed E-state index contributed by atoms with van der Waals surface area (Å²) < 4.78 is 0. The molecule has 1 heterocycles. The molecule has 0 aliphatic rings. The zero-order chi connectivity index (χ0) is 13.7. The molecule has 2 rings (SSSR count). The third-order valence-electron chi connectivity index (χ3n) is 2.54. The molecule has 0 spiro atoms. The van der Waals surface area contributed by atoms with Crippen molar-refractivity contribution in [2.75, 3.05) is 5.32 Å². The number of anilines is 1. The molecule has 0 saturated carbocycles. The lowest BCUT2D eigenvalue weighted by Crippen LogP contribution is -2.29. The van der Waals surface area contributed by atoms with Crippen molar-refractivity contribution in [2.45, 2.75) is 13.5 Å². The first kappa shape index (κ1) is 12.9. The van der Waals surface area contributed by atoms with E-state index in [0.29, 0.717) is 5.69 Å². The Kier molecular flexibility index (Phi) is 3.97. The van der Waals surface area contributed by atoms with Crippen molar-refractivity contribution in [1.82, 2.24) is 10.3 Å². The predicted molar refractivity (Wildman–Crippen MR) is 74.1 cm³/mol. The van der Waals surface area contributed by atoms with Crippen LogP contribution in [0, 0.1) is 6.92 Å². The number of urea groups is 1. The van der Waals surface area contributed by atoms with Gasteiger partial charge in [-0.15, -0.1) is 0 Å². The molecule has 0 bridgehead atoms. The van der Waals surface area contributed by atoms with Crippen LogP contribution in [-0.4, -0.2) is 11.0 Å². The summed E-state index contributed by atoms with van der Waals surface area (Å²) in [5, 5.41) is 5.40. The maximum absolute atomic E-state index is 11.7. The van der Waals surface area contributed by atoms with E-state index < -0.39 is 0 Å². The maximum atomic E-state index is 11.7. The predicted octanol–water partition coefficient (Wildman–Crippen LogP) is 2.01. The Bertz CT molecular complexity index is 634. The second kappa shape index (κ2) is 5.86. The van der Waals surface area contributed by atoms with Crippen LogP contribution in [0.25, 0.3) is 0 Å². The van der Waals surface area contributed by atoms with Gasteiger partial charge in [-0.2, -0.15) is 0 Å². The van der Waals surface area contributed by atoms with Crippen LogP contribution < -0.4 is 16.2 Å². The fourth-order valence-electron chi connectivity index (χ4n) is 1.67. The zero-order valence-corrected chi connectivity index (χ0v) is 10.6. The maximum Gasteiger partial charge on any atom is 0.319 e. The summed E-state index contributed by atoms with van der Waals surface area (Å²) in [4.78, 5) is 25.4. The molecule has 0 unspecified atom stereocenters.